The van der Waals surface area contributed by atoms with Gasteiger partial charge in [0.1, 0.15) is 5.75 Å². The average molecular weight is 536 g/mol. The molecule has 0 heterocycles. The summed E-state index contributed by atoms with van der Waals surface area (Å²) in [5.74, 6) is -0.248. The minimum atomic E-state index is -1.00. The molecule has 0 aliphatic carbocycles. The molecule has 210 valence electrons. The summed E-state index contributed by atoms with van der Waals surface area (Å²) < 4.78 is 6.45. The van der Waals surface area contributed by atoms with E-state index in [0.29, 0.717) is 18.1 Å². The fraction of sp³-hybridized carbons (Fsp3) is 0.548. The van der Waals surface area contributed by atoms with Crippen molar-refractivity contribution in [3.05, 3.63) is 65.7 Å². The minimum Gasteiger partial charge on any atom is -1.00 e. The first kappa shape index (κ1) is 36.8. The first-order valence-corrected chi connectivity index (χ1v) is 13.4. The molecule has 0 spiro atoms. The average Bonchev–Trinajstić information content (AvgIpc) is 2.91. The summed E-state index contributed by atoms with van der Waals surface area (Å²) in [7, 11) is 0. The molecule has 37 heavy (non-hydrogen) atoms. The fourth-order valence-electron chi connectivity index (χ4n) is 3.41. The number of benzene rings is 2. The van der Waals surface area contributed by atoms with Gasteiger partial charge in [0.2, 0.25) is 0 Å². The van der Waals surface area contributed by atoms with Gasteiger partial charge in [0.15, 0.2) is 0 Å². The van der Waals surface area contributed by atoms with Crippen molar-refractivity contribution in [2.24, 2.45) is 5.41 Å². The van der Waals surface area contributed by atoms with Crippen molar-refractivity contribution < 1.29 is 36.3 Å². The second-order valence-electron chi connectivity index (χ2n) is 9.78. The second kappa shape index (κ2) is 18.8. The van der Waals surface area contributed by atoms with Crippen molar-refractivity contribution in [1.82, 2.24) is 0 Å². The molecule has 5 nitrogen and oxygen atoms in total. The highest BCUT2D eigenvalue weighted by Gasteiger charge is 2.27. The molecule has 0 radical (unpaired) electrons. The minimum absolute atomic E-state index is 0. The molecular formula is C31H50ClNO4. The maximum Gasteiger partial charge on any atom is 0.335 e. The number of esters is 1. The third-order valence-corrected chi connectivity index (χ3v) is 7.41. The molecule has 2 aromatic carbocycles. The fourth-order valence-corrected chi connectivity index (χ4v) is 3.41. The second-order valence-corrected chi connectivity index (χ2v) is 9.78. The third kappa shape index (κ3) is 13.1. The Labute approximate surface area is 232 Å². The molecule has 1 N–H and O–H groups in total. The van der Waals surface area contributed by atoms with E-state index in [4.69, 9.17) is 9.84 Å². The Bertz CT molecular complexity index is 860. The van der Waals surface area contributed by atoms with E-state index in [2.05, 4.69) is 71.9 Å². The number of halogens is 1. The van der Waals surface area contributed by atoms with Crippen LogP contribution in [-0.2, 0) is 4.79 Å². The van der Waals surface area contributed by atoms with Gasteiger partial charge in [-0.2, -0.15) is 0 Å². The van der Waals surface area contributed by atoms with Crippen LogP contribution in [0.1, 0.15) is 97.0 Å². The standard InChI is InChI=1S/C13H16O4.C10H14.C8H20N.ClH/c1-4-13(2,3)12(16)17-10-7-5-9(6-8-10)11(14)15;1-3-9(2)10-7-5-4-6-8-10;1-5-9(6-2,7-3)8-4;/h5-8H,4H2,1-3H3,(H,14,15);4-9H,3H2,1-2H3;5-8H2,1-4H3;1H/q;;+1;/p-1. The van der Waals surface area contributed by atoms with E-state index in [1.807, 2.05) is 6.92 Å². The topological polar surface area (TPSA) is 63.6 Å². The van der Waals surface area contributed by atoms with E-state index in [-0.39, 0.29) is 23.9 Å². The molecule has 2 aromatic rings. The molecule has 0 bridgehead atoms. The highest BCUT2D eigenvalue weighted by Crippen LogP contribution is 2.23. The van der Waals surface area contributed by atoms with Crippen LogP contribution in [0.15, 0.2) is 54.6 Å². The Kier molecular flexibility index (Phi) is 18.7. The number of carbonyl (C=O) groups is 2. The quantitative estimate of drug-likeness (QED) is 0.269. The van der Waals surface area contributed by atoms with Gasteiger partial charge in [-0.3, -0.25) is 4.79 Å². The first-order valence-electron chi connectivity index (χ1n) is 13.4. The molecule has 0 saturated heterocycles. The lowest BCUT2D eigenvalue weighted by Gasteiger charge is -2.34. The molecule has 2 rings (SSSR count). The van der Waals surface area contributed by atoms with E-state index in [0.717, 1.165) is 0 Å². The van der Waals surface area contributed by atoms with Gasteiger partial charge in [0, 0.05) is 0 Å². The number of quaternary nitrogens is 1. The van der Waals surface area contributed by atoms with Crippen LogP contribution in [0, 0.1) is 5.41 Å². The molecule has 0 aliphatic heterocycles. The first-order chi connectivity index (χ1) is 16.9. The van der Waals surface area contributed by atoms with E-state index < -0.39 is 11.4 Å². The zero-order chi connectivity index (χ0) is 27.8. The van der Waals surface area contributed by atoms with Crippen LogP contribution in [0.3, 0.4) is 0 Å². The maximum absolute atomic E-state index is 11.7. The Morgan fingerprint density at radius 2 is 1.30 bits per heavy atom. The van der Waals surface area contributed by atoms with Gasteiger partial charge >= 0.3 is 11.9 Å². The smallest absolute Gasteiger partial charge is 0.335 e. The summed E-state index contributed by atoms with van der Waals surface area (Å²) in [6, 6.07) is 16.4. The largest absolute Gasteiger partial charge is 1.00 e. The van der Waals surface area contributed by atoms with Gasteiger partial charge < -0.3 is 26.7 Å². The summed E-state index contributed by atoms with van der Waals surface area (Å²) in [5, 5.41) is 8.72. The zero-order valence-electron chi connectivity index (χ0n) is 24.5. The number of rotatable bonds is 10. The molecule has 0 aliphatic rings. The van der Waals surface area contributed by atoms with E-state index in [1.165, 1.54) is 66.9 Å². The van der Waals surface area contributed by atoms with Crippen LogP contribution in [0.5, 0.6) is 5.75 Å². The lowest BCUT2D eigenvalue weighted by atomic mass is 9.91. The van der Waals surface area contributed by atoms with Crippen LogP contribution >= 0.6 is 0 Å². The van der Waals surface area contributed by atoms with Crippen molar-refractivity contribution in [1.29, 1.82) is 0 Å². The van der Waals surface area contributed by atoms with Crippen molar-refractivity contribution in [2.45, 2.75) is 81.1 Å². The number of nitrogens with zero attached hydrogens (tertiary/aromatic N) is 1. The highest BCUT2D eigenvalue weighted by molar-refractivity contribution is 5.87. The molecule has 0 fully saturated rings. The summed E-state index contributed by atoms with van der Waals surface area (Å²) in [4.78, 5) is 22.4. The Morgan fingerprint density at radius 1 is 0.838 bits per heavy atom. The van der Waals surface area contributed by atoms with E-state index in [1.54, 1.807) is 13.8 Å². The van der Waals surface area contributed by atoms with Crippen LogP contribution < -0.4 is 17.1 Å². The summed E-state index contributed by atoms with van der Waals surface area (Å²) >= 11 is 0. The van der Waals surface area contributed by atoms with Crippen LogP contribution in [0.2, 0.25) is 0 Å². The molecule has 0 saturated carbocycles. The number of hydrogen-bond acceptors (Lipinski definition) is 3. The van der Waals surface area contributed by atoms with Crippen LogP contribution in [0.25, 0.3) is 0 Å². The zero-order valence-corrected chi connectivity index (χ0v) is 25.3. The Hall–Kier alpha value is -2.37. The van der Waals surface area contributed by atoms with Crippen LogP contribution in [-0.4, -0.2) is 47.7 Å². The summed E-state index contributed by atoms with van der Waals surface area (Å²) in [6.07, 6.45) is 1.91. The van der Waals surface area contributed by atoms with Gasteiger partial charge in [0.05, 0.1) is 37.2 Å². The number of ether oxygens (including phenoxy) is 1. The molecule has 1 unspecified atom stereocenters. The summed E-state index contributed by atoms with van der Waals surface area (Å²) in [5.41, 5.74) is 1.08. The van der Waals surface area contributed by atoms with E-state index >= 15 is 0 Å². The van der Waals surface area contributed by atoms with Gasteiger partial charge in [-0.1, -0.05) is 51.1 Å². The van der Waals surface area contributed by atoms with Crippen molar-refractivity contribution in [2.75, 3.05) is 26.2 Å². The predicted molar refractivity (Wildman–Crippen MR) is 151 cm³/mol. The van der Waals surface area contributed by atoms with Gasteiger partial charge in [-0.05, 0) is 90.1 Å². The van der Waals surface area contributed by atoms with Crippen molar-refractivity contribution >= 4 is 11.9 Å². The van der Waals surface area contributed by atoms with Gasteiger partial charge in [-0.15, -0.1) is 0 Å². The molecule has 0 aromatic heterocycles. The normalized spacial score (nSPS) is 11.5. The molecular weight excluding hydrogens is 486 g/mol. The number of carboxylic acids is 1. The monoisotopic (exact) mass is 535 g/mol. The maximum atomic E-state index is 11.7. The Morgan fingerprint density at radius 3 is 1.62 bits per heavy atom. The van der Waals surface area contributed by atoms with Gasteiger partial charge in [0.25, 0.3) is 0 Å². The lowest BCUT2D eigenvalue weighted by Crippen LogP contribution is -3.00. The lowest BCUT2D eigenvalue weighted by molar-refractivity contribution is -0.921. The third-order valence-electron chi connectivity index (χ3n) is 7.41. The van der Waals surface area contributed by atoms with Crippen molar-refractivity contribution in [3.8, 4) is 5.75 Å². The van der Waals surface area contributed by atoms with Crippen LogP contribution in [0.4, 0.5) is 0 Å². The Balaban J connectivity index is 0. The van der Waals surface area contributed by atoms with Crippen molar-refractivity contribution in [3.63, 3.8) is 0 Å². The number of aromatic carboxylic acids is 1. The molecule has 1 atom stereocenters. The van der Waals surface area contributed by atoms with Gasteiger partial charge in [-0.25, -0.2) is 4.79 Å². The number of hydrogen-bond donors (Lipinski definition) is 1. The van der Waals surface area contributed by atoms with E-state index in [9.17, 15) is 9.59 Å². The SMILES string of the molecule is CCC(C)(C)C(=O)Oc1ccc(C(=O)O)cc1.CCC(C)c1ccccc1.CC[N+](CC)(CC)CC.[Cl-]. The molecule has 6 heteroatoms. The predicted octanol–water partition coefficient (Wildman–Crippen LogP) is 4.81. The summed E-state index contributed by atoms with van der Waals surface area (Å²) in [6.45, 7) is 24.2. The highest BCUT2D eigenvalue weighted by atomic mass is 35.5. The number of carbonyl (C=O) groups excluding carboxylic acids is 1. The number of carboxylic acid groups (broad SMARTS) is 1. The molecule has 0 amide bonds.